The molecule has 1 aliphatic heterocycles. The Bertz CT molecular complexity index is 745. The Kier molecular flexibility index (Phi) is 4.29. The Labute approximate surface area is 144 Å². The Morgan fingerprint density at radius 1 is 1.32 bits per heavy atom. The molecule has 4 rings (SSSR count). The number of carbonyl (C=O) groups is 2. The zero-order valence-electron chi connectivity index (χ0n) is 13.8. The van der Waals surface area contributed by atoms with Crippen molar-refractivity contribution >= 4 is 11.9 Å². The maximum Gasteiger partial charge on any atom is 0.311 e. The third-order valence-corrected chi connectivity index (χ3v) is 4.94. The van der Waals surface area contributed by atoms with Crippen LogP contribution in [0, 0.1) is 5.92 Å². The summed E-state index contributed by atoms with van der Waals surface area (Å²) in [6.07, 6.45) is 6.20. The van der Waals surface area contributed by atoms with Crippen LogP contribution >= 0.6 is 0 Å². The first-order valence-corrected chi connectivity index (χ1v) is 8.66. The van der Waals surface area contributed by atoms with E-state index < -0.39 is 0 Å². The summed E-state index contributed by atoms with van der Waals surface area (Å²) >= 11 is 0. The summed E-state index contributed by atoms with van der Waals surface area (Å²) in [4.78, 5) is 26.3. The number of esters is 1. The van der Waals surface area contributed by atoms with Gasteiger partial charge in [0.05, 0.1) is 12.2 Å². The highest BCUT2D eigenvalue weighted by Crippen LogP contribution is 2.30. The topological polar surface area (TPSA) is 85.8 Å². The van der Waals surface area contributed by atoms with Crippen molar-refractivity contribution in [2.45, 2.75) is 44.8 Å². The van der Waals surface area contributed by atoms with Crippen LogP contribution in [-0.2, 0) is 20.9 Å². The molecule has 25 heavy (non-hydrogen) atoms. The van der Waals surface area contributed by atoms with Crippen molar-refractivity contribution in [2.24, 2.45) is 5.92 Å². The molecule has 2 aromatic rings. The molecule has 0 spiro atoms. The highest BCUT2D eigenvalue weighted by molar-refractivity contribution is 5.87. The lowest BCUT2D eigenvalue weighted by Crippen LogP contribution is -2.35. The first-order valence-electron chi connectivity index (χ1n) is 8.66. The quantitative estimate of drug-likeness (QED) is 0.775. The predicted molar refractivity (Wildman–Crippen MR) is 86.1 cm³/mol. The van der Waals surface area contributed by atoms with Gasteiger partial charge in [0, 0.05) is 25.1 Å². The van der Waals surface area contributed by atoms with Crippen LogP contribution < -0.4 is 0 Å². The molecule has 0 N–H and O–H groups in total. The molecule has 2 aliphatic rings. The van der Waals surface area contributed by atoms with Gasteiger partial charge in [-0.05, 0) is 25.0 Å². The van der Waals surface area contributed by atoms with E-state index in [1.165, 1.54) is 0 Å². The Hall–Kier alpha value is -2.57. The van der Waals surface area contributed by atoms with Crippen LogP contribution in [0.4, 0.5) is 0 Å². The predicted octanol–water partition coefficient (Wildman–Crippen LogP) is 2.77. The van der Waals surface area contributed by atoms with Gasteiger partial charge in [0.2, 0.25) is 11.7 Å². The van der Waals surface area contributed by atoms with Crippen molar-refractivity contribution in [3.63, 3.8) is 0 Å². The molecular formula is C18H20N2O5. The van der Waals surface area contributed by atoms with E-state index in [1.807, 2.05) is 4.90 Å². The van der Waals surface area contributed by atoms with Gasteiger partial charge in [-0.1, -0.05) is 18.0 Å². The number of amides is 1. The Morgan fingerprint density at radius 3 is 2.92 bits per heavy atom. The molecule has 2 aromatic heterocycles. The Balaban J connectivity index is 1.31. The van der Waals surface area contributed by atoms with Crippen LogP contribution in [0.3, 0.4) is 0 Å². The first kappa shape index (κ1) is 15.9. The second-order valence-corrected chi connectivity index (χ2v) is 6.65. The molecule has 1 saturated carbocycles. The second kappa shape index (κ2) is 6.74. The second-order valence-electron chi connectivity index (χ2n) is 6.65. The fourth-order valence-electron chi connectivity index (χ4n) is 3.64. The molecule has 1 saturated heterocycles. The molecule has 0 unspecified atom stereocenters. The van der Waals surface area contributed by atoms with Crippen molar-refractivity contribution in [3.05, 3.63) is 30.2 Å². The fourth-order valence-corrected chi connectivity index (χ4v) is 3.64. The highest BCUT2D eigenvalue weighted by Gasteiger charge is 2.39. The summed E-state index contributed by atoms with van der Waals surface area (Å²) < 4.78 is 15.7. The van der Waals surface area contributed by atoms with E-state index in [1.54, 1.807) is 24.5 Å². The molecule has 0 aromatic carbocycles. The minimum atomic E-state index is -0.385. The zero-order valence-corrected chi connectivity index (χ0v) is 13.8. The van der Waals surface area contributed by atoms with Gasteiger partial charge in [-0.3, -0.25) is 9.59 Å². The normalized spacial score (nSPS) is 21.2. The lowest BCUT2D eigenvalue weighted by atomic mass is 10.1. The number of likely N-dealkylation sites (tertiary alicyclic amines) is 1. The average molecular weight is 344 g/mol. The van der Waals surface area contributed by atoms with Crippen molar-refractivity contribution in [2.75, 3.05) is 6.54 Å². The lowest BCUT2D eigenvalue weighted by molar-refractivity contribution is -0.149. The van der Waals surface area contributed by atoms with Gasteiger partial charge in [0.15, 0.2) is 5.76 Å². The van der Waals surface area contributed by atoms with Crippen LogP contribution in [0.5, 0.6) is 0 Å². The summed E-state index contributed by atoms with van der Waals surface area (Å²) in [5.41, 5.74) is 0.511. The minimum Gasteiger partial charge on any atom is -0.461 e. The molecule has 3 heterocycles. The van der Waals surface area contributed by atoms with Gasteiger partial charge in [-0.2, -0.15) is 0 Å². The largest absolute Gasteiger partial charge is 0.461 e. The van der Waals surface area contributed by atoms with Crippen LogP contribution in [0.25, 0.3) is 11.5 Å². The van der Waals surface area contributed by atoms with Crippen LogP contribution in [-0.4, -0.2) is 34.5 Å². The molecule has 2 fully saturated rings. The minimum absolute atomic E-state index is 0.0250. The molecule has 1 aliphatic carbocycles. The molecule has 1 atom stereocenters. The molecule has 132 valence electrons. The summed E-state index contributed by atoms with van der Waals surface area (Å²) in [7, 11) is 0. The summed E-state index contributed by atoms with van der Waals surface area (Å²) in [5.74, 6) is 0.384. The van der Waals surface area contributed by atoms with Crippen LogP contribution in [0.15, 0.2) is 33.4 Å². The number of hydrogen-bond acceptors (Lipinski definition) is 6. The number of rotatable bonds is 5. The van der Waals surface area contributed by atoms with Crippen molar-refractivity contribution in [1.29, 1.82) is 0 Å². The summed E-state index contributed by atoms with van der Waals surface area (Å²) in [6, 6.07) is 5.50. The van der Waals surface area contributed by atoms with Crippen molar-refractivity contribution < 1.29 is 23.3 Å². The molecule has 0 radical (unpaired) electrons. The van der Waals surface area contributed by atoms with Gasteiger partial charge in [-0.15, -0.1) is 0 Å². The smallest absolute Gasteiger partial charge is 0.311 e. The van der Waals surface area contributed by atoms with E-state index in [2.05, 4.69) is 5.16 Å². The molecule has 7 nitrogen and oxygen atoms in total. The standard InChI is InChI=1S/C18H20N2O5/c21-17-8-12(10-20(17)14-4-1-2-5-14)18(22)24-11-13-9-16(25-19-13)15-6-3-7-23-15/h3,6-7,9,12,14H,1-2,4-5,8,10-11H2/t12-/m0/s1. The monoisotopic (exact) mass is 344 g/mol. The van der Waals surface area contributed by atoms with E-state index in [-0.39, 0.29) is 30.8 Å². The van der Waals surface area contributed by atoms with E-state index in [0.717, 1.165) is 25.7 Å². The van der Waals surface area contributed by atoms with Crippen molar-refractivity contribution in [1.82, 2.24) is 10.1 Å². The van der Waals surface area contributed by atoms with Gasteiger partial charge < -0.3 is 18.6 Å². The van der Waals surface area contributed by atoms with Gasteiger partial charge >= 0.3 is 5.97 Å². The van der Waals surface area contributed by atoms with E-state index in [9.17, 15) is 9.59 Å². The molecular weight excluding hydrogens is 324 g/mol. The summed E-state index contributed by atoms with van der Waals surface area (Å²) in [5, 5.41) is 3.87. The number of furan rings is 1. The third kappa shape index (κ3) is 3.31. The van der Waals surface area contributed by atoms with Gasteiger partial charge in [0.1, 0.15) is 12.3 Å². The molecule has 7 heteroatoms. The lowest BCUT2D eigenvalue weighted by Gasteiger charge is -2.23. The number of nitrogens with zero attached hydrogens (tertiary/aromatic N) is 2. The molecule has 1 amide bonds. The maximum atomic E-state index is 12.3. The van der Waals surface area contributed by atoms with E-state index in [0.29, 0.717) is 29.8 Å². The number of hydrogen-bond donors (Lipinski definition) is 0. The SMILES string of the molecule is O=C(OCc1cc(-c2ccco2)on1)[C@H]1CC(=O)N(C2CCCC2)C1. The Morgan fingerprint density at radius 2 is 2.16 bits per heavy atom. The van der Waals surface area contributed by atoms with Crippen LogP contribution in [0.1, 0.15) is 37.8 Å². The fraction of sp³-hybridized carbons (Fsp3) is 0.500. The number of carbonyl (C=O) groups excluding carboxylic acids is 2. The average Bonchev–Trinajstić information content (AvgIpc) is 3.38. The van der Waals surface area contributed by atoms with E-state index in [4.69, 9.17) is 13.7 Å². The summed E-state index contributed by atoms with van der Waals surface area (Å²) in [6.45, 7) is 0.496. The first-order chi connectivity index (χ1) is 12.2. The third-order valence-electron chi connectivity index (χ3n) is 4.94. The van der Waals surface area contributed by atoms with Gasteiger partial charge in [-0.25, -0.2) is 0 Å². The highest BCUT2D eigenvalue weighted by atomic mass is 16.5. The maximum absolute atomic E-state index is 12.3. The number of ether oxygens (including phenoxy) is 1. The van der Waals surface area contributed by atoms with Crippen LogP contribution in [0.2, 0.25) is 0 Å². The van der Waals surface area contributed by atoms with Gasteiger partial charge in [0.25, 0.3) is 0 Å². The number of aromatic nitrogens is 1. The van der Waals surface area contributed by atoms with E-state index >= 15 is 0 Å². The van der Waals surface area contributed by atoms with Crippen molar-refractivity contribution in [3.8, 4) is 11.5 Å². The molecule has 0 bridgehead atoms. The zero-order chi connectivity index (χ0) is 17.2.